The Morgan fingerprint density at radius 1 is 0.810 bits per heavy atom. The zero-order valence-corrected chi connectivity index (χ0v) is 30.1. The molecule has 0 radical (unpaired) electrons. The summed E-state index contributed by atoms with van der Waals surface area (Å²) in [6, 6.07) is 9.31. The van der Waals surface area contributed by atoms with Crippen LogP contribution in [0.15, 0.2) is 30.3 Å². The van der Waals surface area contributed by atoms with E-state index in [-0.39, 0.29) is 19.3 Å². The van der Waals surface area contributed by atoms with Crippen LogP contribution in [0.1, 0.15) is 135 Å². The van der Waals surface area contributed by atoms with Gasteiger partial charge in [-0.2, -0.15) is 0 Å². The molecule has 0 aliphatic carbocycles. The van der Waals surface area contributed by atoms with Gasteiger partial charge in [0.1, 0.15) is 0 Å². The second kappa shape index (κ2) is 23.5. The Bertz CT molecular complexity index is 879. The van der Waals surface area contributed by atoms with E-state index in [1.165, 1.54) is 96.3 Å². The zero-order valence-electron chi connectivity index (χ0n) is 26.6. The first-order valence-corrected chi connectivity index (χ1v) is 22.0. The molecule has 0 aromatic heterocycles. The first-order chi connectivity index (χ1) is 20.5. The van der Waals surface area contributed by atoms with Gasteiger partial charge in [0, 0.05) is 0 Å². The van der Waals surface area contributed by atoms with Crippen molar-refractivity contribution in [2.75, 3.05) is 33.0 Å². The average molecular weight is 696 g/mol. The summed E-state index contributed by atoms with van der Waals surface area (Å²) < 4.78 is 49.2. The normalized spacial score (nSPS) is 19.8. The van der Waals surface area contributed by atoms with E-state index >= 15 is 0 Å². The Morgan fingerprint density at radius 2 is 1.31 bits per heavy atom. The van der Waals surface area contributed by atoms with Crippen LogP contribution in [-0.2, 0) is 31.9 Å². The van der Waals surface area contributed by atoms with Gasteiger partial charge in [-0.3, -0.25) is 0 Å². The monoisotopic (exact) mass is 696 g/mol. The summed E-state index contributed by atoms with van der Waals surface area (Å²) >= 11 is 2.96. The van der Waals surface area contributed by atoms with Gasteiger partial charge in [-0.25, -0.2) is 0 Å². The fraction of sp³-hybridized carbons (Fsp3) is 0.812. The van der Waals surface area contributed by atoms with Gasteiger partial charge in [-0.05, 0) is 0 Å². The molecular weight excluding hydrogens is 637 g/mol. The van der Waals surface area contributed by atoms with Crippen LogP contribution in [0.2, 0.25) is 0 Å². The van der Waals surface area contributed by atoms with Crippen molar-refractivity contribution >= 4 is 28.9 Å². The molecule has 42 heavy (non-hydrogen) atoms. The standard InChI is InChI=1S/C32H58O7P2Se/c1-4-7-8-9-10-11-12-13-14-15-16-17-18-19-20-24-27-34-28-31-29-37-41(42,38-31)39-32(30-25-22-21-23-26-30)40(33,35-5-2)36-6-3/h21-23,25-26,31-32H,4-20,24,27-29H2,1-3H3. The van der Waals surface area contributed by atoms with Crippen LogP contribution in [-0.4, -0.2) is 54.2 Å². The molecule has 1 aliphatic heterocycles. The van der Waals surface area contributed by atoms with Crippen LogP contribution >= 0.6 is 13.8 Å². The summed E-state index contributed by atoms with van der Waals surface area (Å²) in [5.41, 5.74) is 0.688. The van der Waals surface area contributed by atoms with E-state index < -0.39 is 19.6 Å². The van der Waals surface area contributed by atoms with E-state index in [9.17, 15) is 4.57 Å². The Hall–Kier alpha value is 0.159. The molecule has 0 N–H and O–H groups in total. The van der Waals surface area contributed by atoms with Gasteiger partial charge >= 0.3 is 194 Å². The van der Waals surface area contributed by atoms with Crippen molar-refractivity contribution in [1.82, 2.24) is 0 Å². The van der Waals surface area contributed by atoms with Crippen molar-refractivity contribution in [3.8, 4) is 0 Å². The summed E-state index contributed by atoms with van der Waals surface area (Å²) in [7, 11) is -3.63. The van der Waals surface area contributed by atoms with Crippen LogP contribution in [0.3, 0.4) is 0 Å². The van der Waals surface area contributed by atoms with Gasteiger partial charge in [0.25, 0.3) is 0 Å². The molecule has 0 amide bonds. The minimum absolute atomic E-state index is 0.236. The summed E-state index contributed by atoms with van der Waals surface area (Å²) in [5, 5.41) is 0. The summed E-state index contributed by atoms with van der Waals surface area (Å²) in [6.45, 7) is 7.84. The topological polar surface area (TPSA) is 72.5 Å². The van der Waals surface area contributed by atoms with Crippen molar-refractivity contribution in [3.63, 3.8) is 0 Å². The maximum atomic E-state index is 13.7. The second-order valence-corrected chi connectivity index (χ2v) is 17.5. The van der Waals surface area contributed by atoms with Crippen LogP contribution in [0, 0.1) is 0 Å². The van der Waals surface area contributed by atoms with Crippen molar-refractivity contribution in [1.29, 1.82) is 0 Å². The summed E-state index contributed by atoms with van der Waals surface area (Å²) in [4.78, 5) is 0. The van der Waals surface area contributed by atoms with Crippen LogP contribution < -0.4 is 0 Å². The second-order valence-electron chi connectivity index (χ2n) is 11.1. The third-order valence-electron chi connectivity index (χ3n) is 7.36. The molecule has 3 atom stereocenters. The molecule has 10 heteroatoms. The van der Waals surface area contributed by atoms with E-state index in [1.54, 1.807) is 13.8 Å². The third kappa shape index (κ3) is 15.9. The number of benzene rings is 1. The molecule has 1 aromatic rings. The van der Waals surface area contributed by atoms with Gasteiger partial charge in [0.15, 0.2) is 0 Å². The maximum absolute atomic E-state index is 13.7. The SMILES string of the molecule is CCCCCCCCCCCCCCCCCCOCC1COP(=[Se])(OC(c2ccccc2)P(=O)(OCC)OCC)O1. The summed E-state index contributed by atoms with van der Waals surface area (Å²) in [6.07, 6.45) is 18.6. The van der Waals surface area contributed by atoms with Crippen molar-refractivity contribution < 1.29 is 31.9 Å². The molecule has 2 rings (SSSR count). The summed E-state index contributed by atoms with van der Waals surface area (Å²) in [5.74, 6) is -0.960. The van der Waals surface area contributed by atoms with Gasteiger partial charge in [0.2, 0.25) is 0 Å². The molecule has 7 nitrogen and oxygen atoms in total. The Morgan fingerprint density at radius 3 is 1.81 bits per heavy atom. The average Bonchev–Trinajstić information content (AvgIpc) is 3.36. The van der Waals surface area contributed by atoms with Crippen molar-refractivity contribution in [2.45, 2.75) is 135 Å². The molecular formula is C32H58O7P2Se. The molecule has 3 unspecified atom stereocenters. The van der Waals surface area contributed by atoms with E-state index in [2.05, 4.69) is 22.0 Å². The van der Waals surface area contributed by atoms with Gasteiger partial charge < -0.3 is 0 Å². The van der Waals surface area contributed by atoms with Gasteiger partial charge in [0.05, 0.1) is 0 Å². The van der Waals surface area contributed by atoms with E-state index in [4.69, 9.17) is 27.4 Å². The molecule has 1 aliphatic rings. The molecule has 1 heterocycles. The molecule has 1 saturated heterocycles. The Labute approximate surface area is 264 Å². The predicted molar refractivity (Wildman–Crippen MR) is 175 cm³/mol. The molecule has 0 saturated carbocycles. The first kappa shape index (κ1) is 38.3. The van der Waals surface area contributed by atoms with Crippen LogP contribution in [0.4, 0.5) is 0 Å². The van der Waals surface area contributed by atoms with E-state index in [1.807, 2.05) is 30.3 Å². The Balaban J connectivity index is 1.56. The molecule has 1 fully saturated rings. The fourth-order valence-corrected chi connectivity index (χ4v) is 11.0. The molecule has 0 spiro atoms. The molecule has 244 valence electrons. The zero-order chi connectivity index (χ0) is 30.4. The molecule has 1 aromatic carbocycles. The van der Waals surface area contributed by atoms with Crippen LogP contribution in [0.5, 0.6) is 0 Å². The number of rotatable bonds is 27. The van der Waals surface area contributed by atoms with E-state index in [0.717, 1.165) is 6.42 Å². The quantitative estimate of drug-likeness (QED) is 0.0515. The number of ether oxygens (including phenoxy) is 1. The van der Waals surface area contributed by atoms with E-state index in [0.29, 0.717) is 25.4 Å². The van der Waals surface area contributed by atoms with Crippen molar-refractivity contribution in [3.05, 3.63) is 35.9 Å². The van der Waals surface area contributed by atoms with Crippen LogP contribution in [0.25, 0.3) is 0 Å². The van der Waals surface area contributed by atoms with Crippen molar-refractivity contribution in [2.24, 2.45) is 0 Å². The number of unbranched alkanes of at least 4 members (excludes halogenated alkanes) is 15. The van der Waals surface area contributed by atoms with Gasteiger partial charge in [-0.15, -0.1) is 0 Å². The number of hydrogen-bond donors (Lipinski definition) is 0. The predicted octanol–water partition coefficient (Wildman–Crippen LogP) is 10.5. The Kier molecular flexibility index (Phi) is 21.4. The fourth-order valence-electron chi connectivity index (χ4n) is 5.09. The number of hydrogen-bond acceptors (Lipinski definition) is 7. The minimum atomic E-state index is -3.63. The molecule has 0 bridgehead atoms. The third-order valence-corrected chi connectivity index (χ3v) is 13.0. The first-order valence-electron chi connectivity index (χ1n) is 16.6. The van der Waals surface area contributed by atoms with Gasteiger partial charge in [-0.1, -0.05) is 71.1 Å².